The van der Waals surface area contributed by atoms with Crippen molar-refractivity contribution in [2.24, 2.45) is 0 Å². The number of rotatable bonds is 3. The van der Waals surface area contributed by atoms with Gasteiger partial charge >= 0.3 is 6.03 Å². The first kappa shape index (κ1) is 16.4. The molecule has 26 heavy (non-hydrogen) atoms. The highest BCUT2D eigenvalue weighted by atomic mass is 16.6. The summed E-state index contributed by atoms with van der Waals surface area (Å²) in [7, 11) is 1.63. The van der Waals surface area contributed by atoms with Gasteiger partial charge in [-0.1, -0.05) is 0 Å². The summed E-state index contributed by atoms with van der Waals surface area (Å²) >= 11 is 0. The zero-order valence-electron chi connectivity index (χ0n) is 14.4. The van der Waals surface area contributed by atoms with Gasteiger partial charge in [0.15, 0.2) is 11.5 Å². The zero-order valence-corrected chi connectivity index (χ0v) is 14.4. The van der Waals surface area contributed by atoms with E-state index >= 15 is 0 Å². The van der Waals surface area contributed by atoms with Crippen molar-refractivity contribution in [3.63, 3.8) is 0 Å². The molecule has 2 N–H and O–H groups in total. The van der Waals surface area contributed by atoms with E-state index in [1.807, 2.05) is 18.2 Å². The van der Waals surface area contributed by atoms with Crippen LogP contribution in [0.15, 0.2) is 36.4 Å². The minimum Gasteiger partial charge on any atom is -0.497 e. The lowest BCUT2D eigenvalue weighted by atomic mass is 10.0. The van der Waals surface area contributed by atoms with E-state index in [0.29, 0.717) is 43.4 Å². The van der Waals surface area contributed by atoms with Crippen LogP contribution in [0.2, 0.25) is 0 Å². The lowest BCUT2D eigenvalue weighted by Gasteiger charge is -2.26. The van der Waals surface area contributed by atoms with Crippen molar-refractivity contribution in [2.45, 2.75) is 12.5 Å². The van der Waals surface area contributed by atoms with Crippen LogP contribution >= 0.6 is 0 Å². The second-order valence-corrected chi connectivity index (χ2v) is 6.14. The molecule has 1 atom stereocenters. The molecule has 7 heteroatoms. The maximum Gasteiger partial charge on any atom is 0.319 e. The number of hydrogen-bond donors (Lipinski definition) is 2. The monoisotopic (exact) mass is 356 g/mol. The number of anilines is 1. The molecule has 2 aliphatic heterocycles. The molecule has 7 nitrogen and oxygen atoms in total. The van der Waals surface area contributed by atoms with Crippen LogP contribution in [0.3, 0.4) is 0 Å². The predicted molar refractivity (Wildman–Crippen MR) is 95.6 cm³/mol. The summed E-state index contributed by atoms with van der Waals surface area (Å²) in [6.45, 7) is 1.47. The molecule has 2 amide bonds. The molecule has 0 fully saturated rings. The molecule has 0 aromatic heterocycles. The van der Waals surface area contributed by atoms with E-state index in [1.165, 1.54) is 0 Å². The molecule has 1 unspecified atom stereocenters. The maximum atomic E-state index is 12.3. The number of carbonyl (C=O) groups excluding carboxylic acids is 1. The van der Waals surface area contributed by atoms with Gasteiger partial charge in [-0.25, -0.2) is 4.79 Å². The molecule has 2 aliphatic rings. The normalized spacial score (nSPS) is 17.5. The molecule has 0 radical (unpaired) electrons. The third kappa shape index (κ3) is 3.46. The highest BCUT2D eigenvalue weighted by molar-refractivity contribution is 5.90. The van der Waals surface area contributed by atoms with Gasteiger partial charge in [-0.2, -0.15) is 0 Å². The second-order valence-electron chi connectivity index (χ2n) is 6.14. The number of methoxy groups -OCH3 is 1. The summed E-state index contributed by atoms with van der Waals surface area (Å²) in [5, 5.41) is 5.76. The van der Waals surface area contributed by atoms with E-state index in [2.05, 4.69) is 10.6 Å². The van der Waals surface area contributed by atoms with Crippen LogP contribution in [0.5, 0.6) is 23.0 Å². The molecule has 2 aromatic rings. The fourth-order valence-electron chi connectivity index (χ4n) is 3.06. The van der Waals surface area contributed by atoms with E-state index in [0.717, 1.165) is 17.1 Å². The van der Waals surface area contributed by atoms with E-state index in [4.69, 9.17) is 18.9 Å². The average molecular weight is 356 g/mol. The lowest BCUT2D eigenvalue weighted by Crippen LogP contribution is -2.44. The highest BCUT2D eigenvalue weighted by Crippen LogP contribution is 2.32. The van der Waals surface area contributed by atoms with E-state index < -0.39 is 0 Å². The molecule has 0 aliphatic carbocycles. The van der Waals surface area contributed by atoms with Gasteiger partial charge in [-0.15, -0.1) is 0 Å². The number of nitrogens with one attached hydrogen (secondary N) is 2. The zero-order chi connectivity index (χ0) is 17.9. The van der Waals surface area contributed by atoms with Crippen LogP contribution in [-0.2, 0) is 6.42 Å². The second kappa shape index (κ2) is 7.03. The number of fused-ring (bicyclic) bond motifs is 2. The van der Waals surface area contributed by atoms with E-state index in [-0.39, 0.29) is 12.1 Å². The summed E-state index contributed by atoms with van der Waals surface area (Å²) in [5.74, 6) is 2.93. The van der Waals surface area contributed by atoms with Crippen molar-refractivity contribution in [3.05, 3.63) is 42.0 Å². The van der Waals surface area contributed by atoms with Gasteiger partial charge in [0.2, 0.25) is 0 Å². The fraction of sp³-hybridized carbons (Fsp3) is 0.316. The summed E-state index contributed by atoms with van der Waals surface area (Å²) in [6.07, 6.45) is 0.682. The summed E-state index contributed by atoms with van der Waals surface area (Å²) in [5.41, 5.74) is 1.66. The van der Waals surface area contributed by atoms with Crippen LogP contribution in [0.1, 0.15) is 5.56 Å². The van der Waals surface area contributed by atoms with Crippen LogP contribution in [0, 0.1) is 0 Å². The number of benzene rings is 2. The van der Waals surface area contributed by atoms with Crippen LogP contribution in [-0.4, -0.2) is 39.0 Å². The molecule has 136 valence electrons. The number of carbonyl (C=O) groups is 1. The Morgan fingerprint density at radius 2 is 1.85 bits per heavy atom. The molecule has 2 aromatic carbocycles. The highest BCUT2D eigenvalue weighted by Gasteiger charge is 2.22. The third-order valence-electron chi connectivity index (χ3n) is 4.31. The quantitative estimate of drug-likeness (QED) is 0.884. The molecule has 4 rings (SSSR count). The SMILES string of the molecule is COc1ccc2c(c1)CC(NC(=O)Nc1ccc3c(c1)OCCO3)CO2. The van der Waals surface area contributed by atoms with Gasteiger partial charge in [0.25, 0.3) is 0 Å². The molecule has 0 bridgehead atoms. The number of amides is 2. The molecular weight excluding hydrogens is 336 g/mol. The van der Waals surface area contributed by atoms with Crippen molar-refractivity contribution in [1.29, 1.82) is 0 Å². The van der Waals surface area contributed by atoms with Gasteiger partial charge < -0.3 is 29.6 Å². The van der Waals surface area contributed by atoms with Crippen LogP contribution < -0.4 is 29.6 Å². The Morgan fingerprint density at radius 3 is 2.69 bits per heavy atom. The van der Waals surface area contributed by atoms with Crippen LogP contribution in [0.4, 0.5) is 10.5 Å². The first-order valence-electron chi connectivity index (χ1n) is 8.48. The van der Waals surface area contributed by atoms with Crippen molar-refractivity contribution < 1.29 is 23.7 Å². The maximum absolute atomic E-state index is 12.3. The predicted octanol–water partition coefficient (Wildman–Crippen LogP) is 2.59. The Bertz CT molecular complexity index is 824. The van der Waals surface area contributed by atoms with Gasteiger partial charge in [-0.05, 0) is 42.3 Å². The smallest absolute Gasteiger partial charge is 0.319 e. The summed E-state index contributed by atoms with van der Waals surface area (Å²) < 4.78 is 22.0. The average Bonchev–Trinajstić information content (AvgIpc) is 2.67. The molecule has 0 saturated carbocycles. The standard InChI is InChI=1S/C19H20N2O5/c1-23-15-3-5-16-12(9-15)8-14(11-26-16)21-19(22)20-13-2-4-17-18(10-13)25-7-6-24-17/h2-5,9-10,14H,6-8,11H2,1H3,(H2,20,21,22). The van der Waals surface area contributed by atoms with Crippen molar-refractivity contribution in [1.82, 2.24) is 5.32 Å². The van der Waals surface area contributed by atoms with Gasteiger partial charge in [0.1, 0.15) is 31.3 Å². The van der Waals surface area contributed by atoms with E-state index in [1.54, 1.807) is 25.3 Å². The van der Waals surface area contributed by atoms with Crippen molar-refractivity contribution in [2.75, 3.05) is 32.2 Å². The summed E-state index contributed by atoms with van der Waals surface area (Å²) in [4.78, 5) is 12.3. The lowest BCUT2D eigenvalue weighted by molar-refractivity contribution is 0.171. The first-order chi connectivity index (χ1) is 12.7. The Balaban J connectivity index is 1.38. The summed E-state index contributed by atoms with van der Waals surface area (Å²) in [6, 6.07) is 10.6. The van der Waals surface area contributed by atoms with Gasteiger partial charge in [0, 0.05) is 11.8 Å². The Morgan fingerprint density at radius 1 is 1.04 bits per heavy atom. The topological polar surface area (TPSA) is 78.1 Å². The minimum absolute atomic E-state index is 0.119. The molecule has 0 saturated heterocycles. The fourth-order valence-corrected chi connectivity index (χ4v) is 3.06. The number of hydrogen-bond acceptors (Lipinski definition) is 5. The van der Waals surface area contributed by atoms with Gasteiger partial charge in [-0.3, -0.25) is 0 Å². The minimum atomic E-state index is -0.290. The van der Waals surface area contributed by atoms with Gasteiger partial charge in [0.05, 0.1) is 13.2 Å². The van der Waals surface area contributed by atoms with E-state index in [9.17, 15) is 4.79 Å². The van der Waals surface area contributed by atoms with Crippen molar-refractivity contribution >= 4 is 11.7 Å². The third-order valence-corrected chi connectivity index (χ3v) is 4.31. The van der Waals surface area contributed by atoms with Crippen molar-refractivity contribution in [3.8, 4) is 23.0 Å². The van der Waals surface area contributed by atoms with Crippen LogP contribution in [0.25, 0.3) is 0 Å². The molecule has 0 spiro atoms. The first-order valence-corrected chi connectivity index (χ1v) is 8.48. The largest absolute Gasteiger partial charge is 0.497 e. The Hall–Kier alpha value is -3.09. The molecule has 2 heterocycles. The number of ether oxygens (including phenoxy) is 4. The molecular formula is C19H20N2O5. The number of urea groups is 1. The Labute approximate surface area is 151 Å². The Kier molecular flexibility index (Phi) is 4.43.